The Morgan fingerprint density at radius 1 is 1.38 bits per heavy atom. The summed E-state index contributed by atoms with van der Waals surface area (Å²) in [5.41, 5.74) is 2.02. The standard InChI is InChI=1S/C16H20N4O4/c1-23-7-4-19-9-11-14(16(19)22)17-13-8-12(18-20(13)15(11)21)10-2-5-24-6-3-10/h8,10,18H,2-7,9H2,1H3. The lowest BCUT2D eigenvalue weighted by Gasteiger charge is -2.20. The number of rotatable bonds is 4. The molecule has 0 aliphatic carbocycles. The van der Waals surface area contributed by atoms with E-state index in [4.69, 9.17) is 9.47 Å². The van der Waals surface area contributed by atoms with E-state index in [0.29, 0.717) is 30.3 Å². The Kier molecular flexibility index (Phi) is 3.85. The molecule has 0 atom stereocenters. The lowest BCUT2D eigenvalue weighted by molar-refractivity contribution is 0.0715. The summed E-state index contributed by atoms with van der Waals surface area (Å²) in [6.45, 7) is 2.64. The van der Waals surface area contributed by atoms with Crippen LogP contribution in [-0.4, -0.2) is 58.9 Å². The summed E-state index contributed by atoms with van der Waals surface area (Å²) in [5, 5.41) is 3.17. The third-order valence-corrected chi connectivity index (χ3v) is 4.79. The van der Waals surface area contributed by atoms with Crippen LogP contribution in [0.5, 0.6) is 0 Å². The number of carbonyl (C=O) groups excluding carboxylic acids is 1. The number of methoxy groups -OCH3 is 1. The minimum Gasteiger partial charge on any atom is -0.383 e. The van der Waals surface area contributed by atoms with Crippen molar-refractivity contribution in [1.82, 2.24) is 19.5 Å². The highest BCUT2D eigenvalue weighted by atomic mass is 16.5. The van der Waals surface area contributed by atoms with E-state index in [1.54, 1.807) is 12.0 Å². The van der Waals surface area contributed by atoms with Crippen LogP contribution in [0.2, 0.25) is 0 Å². The summed E-state index contributed by atoms with van der Waals surface area (Å²) >= 11 is 0. The number of nitrogens with one attached hydrogen (secondary N) is 1. The van der Waals surface area contributed by atoms with Crippen molar-refractivity contribution < 1.29 is 14.3 Å². The van der Waals surface area contributed by atoms with Gasteiger partial charge >= 0.3 is 0 Å². The third-order valence-electron chi connectivity index (χ3n) is 4.79. The van der Waals surface area contributed by atoms with Crippen molar-refractivity contribution in [3.63, 3.8) is 0 Å². The Balaban J connectivity index is 1.70. The van der Waals surface area contributed by atoms with Gasteiger partial charge in [0.2, 0.25) is 0 Å². The molecular weight excluding hydrogens is 312 g/mol. The largest absolute Gasteiger partial charge is 0.383 e. The Morgan fingerprint density at radius 3 is 2.92 bits per heavy atom. The van der Waals surface area contributed by atoms with Gasteiger partial charge in [0.15, 0.2) is 5.65 Å². The van der Waals surface area contributed by atoms with Crippen molar-refractivity contribution in [1.29, 1.82) is 0 Å². The first-order chi connectivity index (χ1) is 11.7. The number of hydrogen-bond donors (Lipinski definition) is 1. The molecule has 1 amide bonds. The Bertz CT molecular complexity index is 834. The first-order valence-corrected chi connectivity index (χ1v) is 8.19. The van der Waals surface area contributed by atoms with Crippen molar-refractivity contribution >= 4 is 11.6 Å². The molecule has 0 aromatic carbocycles. The molecule has 0 radical (unpaired) electrons. The van der Waals surface area contributed by atoms with Crippen LogP contribution in [0.1, 0.15) is 40.5 Å². The van der Waals surface area contributed by atoms with Crippen LogP contribution in [0.4, 0.5) is 0 Å². The SMILES string of the molecule is COCCN1Cc2c(nc3cc(C4CCOCC4)[nH]n3c2=O)C1=O. The second-order valence-corrected chi connectivity index (χ2v) is 6.26. The van der Waals surface area contributed by atoms with Crippen molar-refractivity contribution in [2.24, 2.45) is 0 Å². The van der Waals surface area contributed by atoms with Crippen molar-refractivity contribution in [3.05, 3.63) is 33.4 Å². The predicted octanol–water partition coefficient (Wildman–Crippen LogP) is 0.519. The van der Waals surface area contributed by atoms with Crippen LogP contribution in [0, 0.1) is 0 Å². The summed E-state index contributed by atoms with van der Waals surface area (Å²) in [4.78, 5) is 31.2. The molecule has 2 aromatic heterocycles. The molecule has 0 saturated carbocycles. The summed E-state index contributed by atoms with van der Waals surface area (Å²) in [6, 6.07) is 1.88. The van der Waals surface area contributed by atoms with Crippen LogP contribution in [0.15, 0.2) is 10.9 Å². The number of fused-ring (bicyclic) bond motifs is 2. The quantitative estimate of drug-likeness (QED) is 0.882. The smallest absolute Gasteiger partial charge is 0.278 e. The van der Waals surface area contributed by atoms with Gasteiger partial charge in [0.05, 0.1) is 18.7 Å². The molecule has 8 nitrogen and oxygen atoms in total. The number of amides is 1. The van der Waals surface area contributed by atoms with E-state index in [-0.39, 0.29) is 23.7 Å². The molecule has 8 heteroatoms. The first kappa shape index (κ1) is 15.3. The van der Waals surface area contributed by atoms with E-state index >= 15 is 0 Å². The van der Waals surface area contributed by atoms with Gasteiger partial charge in [-0.1, -0.05) is 0 Å². The summed E-state index contributed by atoms with van der Waals surface area (Å²) < 4.78 is 11.9. The van der Waals surface area contributed by atoms with Crippen LogP contribution < -0.4 is 5.56 Å². The third kappa shape index (κ3) is 2.42. The molecule has 2 aromatic rings. The molecule has 1 saturated heterocycles. The van der Waals surface area contributed by atoms with Gasteiger partial charge in [-0.3, -0.25) is 14.7 Å². The van der Waals surface area contributed by atoms with Crippen molar-refractivity contribution in [2.75, 3.05) is 33.5 Å². The Hall–Kier alpha value is -2.19. The van der Waals surface area contributed by atoms with Gasteiger partial charge in [0.25, 0.3) is 11.5 Å². The number of aromatic amines is 1. The Labute approximate surface area is 138 Å². The van der Waals surface area contributed by atoms with Crippen LogP contribution in [0.25, 0.3) is 5.65 Å². The van der Waals surface area contributed by atoms with E-state index in [1.807, 2.05) is 6.07 Å². The minimum absolute atomic E-state index is 0.193. The molecule has 24 heavy (non-hydrogen) atoms. The minimum atomic E-state index is -0.199. The number of hydrogen-bond acceptors (Lipinski definition) is 5. The molecule has 1 fully saturated rings. The average Bonchev–Trinajstić information content (AvgIpc) is 3.17. The van der Waals surface area contributed by atoms with Crippen LogP contribution in [0.3, 0.4) is 0 Å². The highest BCUT2D eigenvalue weighted by Gasteiger charge is 2.32. The fraction of sp³-hybridized carbons (Fsp3) is 0.562. The van der Waals surface area contributed by atoms with Gasteiger partial charge in [-0.25, -0.2) is 9.50 Å². The van der Waals surface area contributed by atoms with E-state index in [9.17, 15) is 9.59 Å². The Morgan fingerprint density at radius 2 is 2.17 bits per heavy atom. The highest BCUT2D eigenvalue weighted by Crippen LogP contribution is 2.26. The zero-order valence-electron chi connectivity index (χ0n) is 13.6. The number of carbonyl (C=O) groups is 1. The summed E-state index contributed by atoms with van der Waals surface area (Å²) in [6.07, 6.45) is 1.84. The van der Waals surface area contributed by atoms with Gasteiger partial charge in [-0.15, -0.1) is 0 Å². The molecule has 4 rings (SSSR count). The summed E-state index contributed by atoms with van der Waals surface area (Å²) in [5.74, 6) is 0.138. The van der Waals surface area contributed by atoms with E-state index in [1.165, 1.54) is 4.52 Å². The first-order valence-electron chi connectivity index (χ1n) is 8.19. The molecule has 2 aliphatic rings. The number of nitrogens with zero attached hydrogens (tertiary/aromatic N) is 3. The van der Waals surface area contributed by atoms with Gasteiger partial charge in [0.1, 0.15) is 5.69 Å². The average molecular weight is 332 g/mol. The van der Waals surface area contributed by atoms with Crippen molar-refractivity contribution in [2.45, 2.75) is 25.3 Å². The number of ether oxygens (including phenoxy) is 2. The molecule has 1 N–H and O–H groups in total. The fourth-order valence-electron chi connectivity index (χ4n) is 3.41. The molecular formula is C16H20N4O4. The maximum absolute atomic E-state index is 12.7. The summed E-state index contributed by atoms with van der Waals surface area (Å²) in [7, 11) is 1.59. The number of H-pyrrole nitrogens is 1. The lowest BCUT2D eigenvalue weighted by Crippen LogP contribution is -2.28. The van der Waals surface area contributed by atoms with Crippen LogP contribution >= 0.6 is 0 Å². The van der Waals surface area contributed by atoms with Gasteiger partial charge in [0, 0.05) is 44.5 Å². The molecule has 0 bridgehead atoms. The normalized spacial score (nSPS) is 18.5. The fourth-order valence-corrected chi connectivity index (χ4v) is 3.41. The zero-order valence-corrected chi connectivity index (χ0v) is 13.6. The van der Waals surface area contributed by atoms with Gasteiger partial charge in [-0.05, 0) is 12.8 Å². The van der Waals surface area contributed by atoms with Crippen LogP contribution in [-0.2, 0) is 16.0 Å². The molecule has 4 heterocycles. The second-order valence-electron chi connectivity index (χ2n) is 6.26. The van der Waals surface area contributed by atoms with E-state index in [2.05, 4.69) is 10.1 Å². The van der Waals surface area contributed by atoms with E-state index in [0.717, 1.165) is 31.7 Å². The molecule has 128 valence electrons. The van der Waals surface area contributed by atoms with Crippen molar-refractivity contribution in [3.8, 4) is 0 Å². The number of aromatic nitrogens is 3. The molecule has 2 aliphatic heterocycles. The molecule has 0 spiro atoms. The van der Waals surface area contributed by atoms with E-state index < -0.39 is 0 Å². The maximum Gasteiger partial charge on any atom is 0.278 e. The van der Waals surface area contributed by atoms with Gasteiger partial charge in [-0.2, -0.15) is 0 Å². The highest BCUT2D eigenvalue weighted by molar-refractivity contribution is 5.96. The monoisotopic (exact) mass is 332 g/mol. The second kappa shape index (κ2) is 6.03. The molecule has 0 unspecified atom stereocenters. The maximum atomic E-state index is 12.7. The predicted molar refractivity (Wildman–Crippen MR) is 85.2 cm³/mol. The lowest BCUT2D eigenvalue weighted by atomic mass is 9.97. The topological polar surface area (TPSA) is 88.9 Å². The van der Waals surface area contributed by atoms with Gasteiger partial charge < -0.3 is 14.4 Å². The zero-order chi connectivity index (χ0) is 16.7.